The van der Waals surface area contributed by atoms with Gasteiger partial charge < -0.3 is 37.2 Å². The molecular formula is C16H25N5O8. The molecule has 0 saturated carbocycles. The number of primary amides is 1. The molecule has 0 aromatic heterocycles. The van der Waals surface area contributed by atoms with Gasteiger partial charge in [-0.15, -0.1) is 0 Å². The zero-order chi connectivity index (χ0) is 22.1. The molecule has 4 amide bonds. The van der Waals surface area contributed by atoms with Gasteiger partial charge >= 0.3 is 11.9 Å². The third-order valence-corrected chi connectivity index (χ3v) is 4.33. The van der Waals surface area contributed by atoms with Crippen LogP contribution in [-0.4, -0.2) is 81.9 Å². The Morgan fingerprint density at radius 2 is 1.72 bits per heavy atom. The molecule has 3 atom stereocenters. The molecule has 0 radical (unpaired) electrons. The first-order chi connectivity index (χ1) is 13.6. The molecule has 1 fully saturated rings. The fourth-order valence-corrected chi connectivity index (χ4v) is 2.94. The maximum atomic E-state index is 12.8. The number of hydrogen-bond donors (Lipinski definition) is 6. The highest BCUT2D eigenvalue weighted by molar-refractivity contribution is 5.95. The molecule has 8 N–H and O–H groups in total. The molecular weight excluding hydrogens is 390 g/mol. The Kier molecular flexibility index (Phi) is 8.99. The van der Waals surface area contributed by atoms with Crippen LogP contribution in [0.4, 0.5) is 0 Å². The monoisotopic (exact) mass is 415 g/mol. The van der Waals surface area contributed by atoms with Crippen LogP contribution in [0, 0.1) is 0 Å². The summed E-state index contributed by atoms with van der Waals surface area (Å²) in [7, 11) is 0. The van der Waals surface area contributed by atoms with Crippen molar-refractivity contribution in [1.82, 2.24) is 15.5 Å². The number of aliphatic carboxylic acids is 2. The van der Waals surface area contributed by atoms with Gasteiger partial charge in [-0.3, -0.25) is 24.0 Å². The van der Waals surface area contributed by atoms with E-state index in [0.29, 0.717) is 6.42 Å². The SMILES string of the molecule is NCC(=O)NC(CC(=O)O)C(=O)NC(CCC(N)=O)C(=O)N1CCCC1C(=O)O. The maximum Gasteiger partial charge on any atom is 0.326 e. The van der Waals surface area contributed by atoms with E-state index in [1.807, 2.05) is 0 Å². The molecule has 1 aliphatic heterocycles. The van der Waals surface area contributed by atoms with E-state index < -0.39 is 66.7 Å². The van der Waals surface area contributed by atoms with Crippen LogP contribution >= 0.6 is 0 Å². The van der Waals surface area contributed by atoms with Crippen molar-refractivity contribution in [3.63, 3.8) is 0 Å². The zero-order valence-electron chi connectivity index (χ0n) is 15.6. The number of likely N-dealkylation sites (tertiary alicyclic amines) is 1. The lowest BCUT2D eigenvalue weighted by atomic mass is 10.1. The molecule has 3 unspecified atom stereocenters. The average molecular weight is 415 g/mol. The van der Waals surface area contributed by atoms with Crippen molar-refractivity contribution < 1.29 is 39.0 Å². The number of amides is 4. The highest BCUT2D eigenvalue weighted by Crippen LogP contribution is 2.19. The van der Waals surface area contributed by atoms with E-state index in [-0.39, 0.29) is 25.8 Å². The van der Waals surface area contributed by atoms with Crippen LogP contribution in [0.25, 0.3) is 0 Å². The second kappa shape index (κ2) is 10.9. The number of rotatable bonds is 11. The Labute approximate surface area is 165 Å². The second-order valence-corrected chi connectivity index (χ2v) is 6.52. The Bertz CT molecular complexity index is 682. The van der Waals surface area contributed by atoms with E-state index in [4.69, 9.17) is 16.6 Å². The Morgan fingerprint density at radius 3 is 2.24 bits per heavy atom. The topological polar surface area (TPSA) is 222 Å². The van der Waals surface area contributed by atoms with Crippen LogP contribution in [0.3, 0.4) is 0 Å². The minimum Gasteiger partial charge on any atom is -0.481 e. The third-order valence-electron chi connectivity index (χ3n) is 4.33. The van der Waals surface area contributed by atoms with Crippen LogP contribution in [0.2, 0.25) is 0 Å². The highest BCUT2D eigenvalue weighted by Gasteiger charge is 2.38. The van der Waals surface area contributed by atoms with Gasteiger partial charge in [-0.1, -0.05) is 0 Å². The maximum absolute atomic E-state index is 12.8. The molecule has 1 rings (SSSR count). The van der Waals surface area contributed by atoms with E-state index in [1.165, 1.54) is 0 Å². The number of nitrogens with one attached hydrogen (secondary N) is 2. The number of carbonyl (C=O) groups excluding carboxylic acids is 4. The normalized spacial score (nSPS) is 17.8. The molecule has 13 nitrogen and oxygen atoms in total. The van der Waals surface area contributed by atoms with Gasteiger partial charge in [0, 0.05) is 13.0 Å². The van der Waals surface area contributed by atoms with Crippen LogP contribution < -0.4 is 22.1 Å². The summed E-state index contributed by atoms with van der Waals surface area (Å²) >= 11 is 0. The van der Waals surface area contributed by atoms with E-state index in [9.17, 15) is 33.9 Å². The number of hydrogen-bond acceptors (Lipinski definition) is 7. The van der Waals surface area contributed by atoms with Crippen LogP contribution in [0.5, 0.6) is 0 Å². The molecule has 0 aliphatic carbocycles. The summed E-state index contributed by atoms with van der Waals surface area (Å²) in [5.41, 5.74) is 10.2. The van der Waals surface area contributed by atoms with Crippen molar-refractivity contribution in [2.24, 2.45) is 11.5 Å². The number of carboxylic acid groups (broad SMARTS) is 2. The predicted molar refractivity (Wildman–Crippen MR) is 96.0 cm³/mol. The molecule has 1 saturated heterocycles. The lowest BCUT2D eigenvalue weighted by molar-refractivity contribution is -0.149. The second-order valence-electron chi connectivity index (χ2n) is 6.52. The van der Waals surface area contributed by atoms with Gasteiger partial charge in [0.2, 0.25) is 23.6 Å². The first-order valence-corrected chi connectivity index (χ1v) is 8.90. The minimum atomic E-state index is -1.51. The summed E-state index contributed by atoms with van der Waals surface area (Å²) in [5, 5.41) is 22.6. The standard InChI is InChI=1S/C16H25N5O8/c17-7-12(23)19-9(6-13(24)25)14(26)20-8(3-4-11(18)22)15(27)21-5-1-2-10(21)16(28)29/h8-10H,1-7,17H2,(H2,18,22)(H,19,23)(H,20,26)(H,24,25)(H,28,29). The van der Waals surface area contributed by atoms with Gasteiger partial charge in [-0.05, 0) is 19.3 Å². The van der Waals surface area contributed by atoms with Crippen molar-refractivity contribution in [2.75, 3.05) is 13.1 Å². The average Bonchev–Trinajstić information content (AvgIpc) is 3.13. The van der Waals surface area contributed by atoms with Crippen LogP contribution in [0.15, 0.2) is 0 Å². The summed E-state index contributed by atoms with van der Waals surface area (Å²) in [6, 6.07) is -3.90. The summed E-state index contributed by atoms with van der Waals surface area (Å²) < 4.78 is 0. The van der Waals surface area contributed by atoms with Gasteiger partial charge in [-0.25, -0.2) is 4.79 Å². The van der Waals surface area contributed by atoms with Crippen molar-refractivity contribution in [2.45, 2.75) is 50.2 Å². The molecule has 1 aliphatic rings. The molecule has 0 bridgehead atoms. The summed E-state index contributed by atoms with van der Waals surface area (Å²) in [6.07, 6.45) is -0.566. The van der Waals surface area contributed by atoms with Gasteiger partial charge in [-0.2, -0.15) is 0 Å². The van der Waals surface area contributed by atoms with Gasteiger partial charge in [0.1, 0.15) is 18.1 Å². The Balaban J connectivity index is 2.99. The van der Waals surface area contributed by atoms with E-state index in [2.05, 4.69) is 10.6 Å². The Morgan fingerprint density at radius 1 is 1.07 bits per heavy atom. The van der Waals surface area contributed by atoms with Crippen molar-refractivity contribution in [1.29, 1.82) is 0 Å². The van der Waals surface area contributed by atoms with E-state index >= 15 is 0 Å². The predicted octanol–water partition coefficient (Wildman–Crippen LogP) is -3.27. The van der Waals surface area contributed by atoms with Gasteiger partial charge in [0.05, 0.1) is 13.0 Å². The summed E-state index contributed by atoms with van der Waals surface area (Å²) in [4.78, 5) is 71.3. The molecule has 0 aromatic carbocycles. The van der Waals surface area contributed by atoms with Gasteiger partial charge in [0.25, 0.3) is 0 Å². The molecule has 29 heavy (non-hydrogen) atoms. The van der Waals surface area contributed by atoms with Crippen molar-refractivity contribution in [3.8, 4) is 0 Å². The first-order valence-electron chi connectivity index (χ1n) is 8.90. The fourth-order valence-electron chi connectivity index (χ4n) is 2.94. The molecule has 1 heterocycles. The zero-order valence-corrected chi connectivity index (χ0v) is 15.6. The summed E-state index contributed by atoms with van der Waals surface area (Å²) in [5.74, 6) is -5.82. The Hall–Kier alpha value is -3.22. The molecule has 0 aromatic rings. The van der Waals surface area contributed by atoms with E-state index in [1.54, 1.807) is 0 Å². The number of nitrogens with two attached hydrogens (primary N) is 2. The number of carboxylic acids is 2. The third kappa shape index (κ3) is 7.37. The minimum absolute atomic E-state index is 0.154. The van der Waals surface area contributed by atoms with Crippen molar-refractivity contribution in [3.05, 3.63) is 0 Å². The van der Waals surface area contributed by atoms with Gasteiger partial charge in [0.15, 0.2) is 0 Å². The first kappa shape index (κ1) is 23.8. The molecule has 162 valence electrons. The van der Waals surface area contributed by atoms with Crippen molar-refractivity contribution >= 4 is 35.6 Å². The molecule has 0 spiro atoms. The highest BCUT2D eigenvalue weighted by atomic mass is 16.4. The smallest absolute Gasteiger partial charge is 0.326 e. The molecule has 13 heteroatoms. The van der Waals surface area contributed by atoms with Crippen LogP contribution in [-0.2, 0) is 28.8 Å². The largest absolute Gasteiger partial charge is 0.481 e. The number of nitrogens with zero attached hydrogens (tertiary/aromatic N) is 1. The van der Waals surface area contributed by atoms with Crippen LogP contribution in [0.1, 0.15) is 32.1 Å². The number of carbonyl (C=O) groups is 6. The lowest BCUT2D eigenvalue weighted by Gasteiger charge is -2.28. The lowest BCUT2D eigenvalue weighted by Crippen LogP contribution is -2.56. The summed E-state index contributed by atoms with van der Waals surface area (Å²) in [6.45, 7) is -0.331. The quantitative estimate of drug-likeness (QED) is 0.199. The van der Waals surface area contributed by atoms with E-state index in [0.717, 1.165) is 4.90 Å². The fraction of sp³-hybridized carbons (Fsp3) is 0.625.